The summed E-state index contributed by atoms with van der Waals surface area (Å²) in [6.07, 6.45) is 9.75. The van der Waals surface area contributed by atoms with Gasteiger partial charge in [-0.3, -0.25) is 4.90 Å². The van der Waals surface area contributed by atoms with Gasteiger partial charge in [0.05, 0.1) is 0 Å². The zero-order valence-electron chi connectivity index (χ0n) is 11.5. The SMILES string of the molecule is CCCCCCN1CCCCC1C(C)NC. The standard InChI is InChI=1S/C14H30N2/c1-4-5-6-8-11-16-12-9-7-10-14(16)13(2)15-3/h13-15H,4-12H2,1-3H3. The molecule has 16 heavy (non-hydrogen) atoms. The Balaban J connectivity index is 2.29. The minimum Gasteiger partial charge on any atom is -0.316 e. The van der Waals surface area contributed by atoms with E-state index >= 15 is 0 Å². The number of unbranched alkanes of at least 4 members (excludes halogenated alkanes) is 3. The summed E-state index contributed by atoms with van der Waals surface area (Å²) in [5.74, 6) is 0. The molecule has 2 nitrogen and oxygen atoms in total. The molecule has 0 aromatic heterocycles. The van der Waals surface area contributed by atoms with Crippen molar-refractivity contribution < 1.29 is 0 Å². The molecule has 2 unspecified atom stereocenters. The molecule has 1 fully saturated rings. The molecular formula is C14H30N2. The minimum atomic E-state index is 0.645. The first-order valence-corrected chi connectivity index (χ1v) is 7.21. The highest BCUT2D eigenvalue weighted by Gasteiger charge is 2.25. The summed E-state index contributed by atoms with van der Waals surface area (Å²) in [6, 6.07) is 1.42. The quantitative estimate of drug-likeness (QED) is 0.671. The van der Waals surface area contributed by atoms with Gasteiger partial charge < -0.3 is 5.32 Å². The van der Waals surface area contributed by atoms with E-state index in [1.54, 1.807) is 0 Å². The van der Waals surface area contributed by atoms with E-state index in [2.05, 4.69) is 31.1 Å². The Hall–Kier alpha value is -0.0800. The molecule has 2 atom stereocenters. The van der Waals surface area contributed by atoms with E-state index in [9.17, 15) is 0 Å². The van der Waals surface area contributed by atoms with Crippen LogP contribution < -0.4 is 5.32 Å². The van der Waals surface area contributed by atoms with Gasteiger partial charge in [-0.15, -0.1) is 0 Å². The molecule has 1 saturated heterocycles. The van der Waals surface area contributed by atoms with Gasteiger partial charge in [0.15, 0.2) is 0 Å². The summed E-state index contributed by atoms with van der Waals surface area (Å²) < 4.78 is 0. The average Bonchev–Trinajstić information content (AvgIpc) is 2.34. The van der Waals surface area contributed by atoms with Gasteiger partial charge in [-0.2, -0.15) is 0 Å². The van der Waals surface area contributed by atoms with Crippen LogP contribution in [-0.2, 0) is 0 Å². The molecule has 1 heterocycles. The van der Waals surface area contributed by atoms with Crippen molar-refractivity contribution in [2.24, 2.45) is 0 Å². The van der Waals surface area contributed by atoms with Crippen molar-refractivity contribution in [2.45, 2.75) is 70.9 Å². The summed E-state index contributed by atoms with van der Waals surface area (Å²) in [5.41, 5.74) is 0. The van der Waals surface area contributed by atoms with Gasteiger partial charge in [0.1, 0.15) is 0 Å². The van der Waals surface area contributed by atoms with Crippen LogP contribution in [0.15, 0.2) is 0 Å². The third-order valence-electron chi connectivity index (χ3n) is 4.00. The average molecular weight is 226 g/mol. The van der Waals surface area contributed by atoms with Gasteiger partial charge in [0.25, 0.3) is 0 Å². The van der Waals surface area contributed by atoms with Crippen LogP contribution in [0, 0.1) is 0 Å². The third-order valence-corrected chi connectivity index (χ3v) is 4.00. The van der Waals surface area contributed by atoms with Crippen molar-refractivity contribution in [3.05, 3.63) is 0 Å². The van der Waals surface area contributed by atoms with Gasteiger partial charge >= 0.3 is 0 Å². The Morgan fingerprint density at radius 3 is 2.75 bits per heavy atom. The van der Waals surface area contributed by atoms with Crippen molar-refractivity contribution in [3.8, 4) is 0 Å². The fourth-order valence-corrected chi connectivity index (χ4v) is 2.79. The minimum absolute atomic E-state index is 0.645. The third kappa shape index (κ3) is 4.42. The van der Waals surface area contributed by atoms with Crippen molar-refractivity contribution in [2.75, 3.05) is 20.1 Å². The predicted molar refractivity (Wildman–Crippen MR) is 71.9 cm³/mol. The van der Waals surface area contributed by atoms with Crippen molar-refractivity contribution in [3.63, 3.8) is 0 Å². The number of likely N-dealkylation sites (N-methyl/N-ethyl adjacent to an activating group) is 1. The lowest BCUT2D eigenvalue weighted by Crippen LogP contribution is -2.50. The topological polar surface area (TPSA) is 15.3 Å². The molecule has 0 aromatic carbocycles. The number of likely N-dealkylation sites (tertiary alicyclic amines) is 1. The predicted octanol–water partition coefficient (Wildman–Crippen LogP) is 3.03. The fourth-order valence-electron chi connectivity index (χ4n) is 2.79. The molecule has 0 aliphatic carbocycles. The highest BCUT2D eigenvalue weighted by molar-refractivity contribution is 4.84. The fraction of sp³-hybridized carbons (Fsp3) is 1.00. The van der Waals surface area contributed by atoms with E-state index in [0.717, 1.165) is 6.04 Å². The van der Waals surface area contributed by atoms with Gasteiger partial charge in [-0.05, 0) is 46.3 Å². The summed E-state index contributed by atoms with van der Waals surface area (Å²) in [4.78, 5) is 2.72. The van der Waals surface area contributed by atoms with Gasteiger partial charge in [0.2, 0.25) is 0 Å². The Bertz CT molecular complexity index is 170. The molecule has 0 aromatic rings. The van der Waals surface area contributed by atoms with Crippen LogP contribution in [0.25, 0.3) is 0 Å². The van der Waals surface area contributed by atoms with E-state index < -0.39 is 0 Å². The molecule has 0 bridgehead atoms. The number of hydrogen-bond acceptors (Lipinski definition) is 2. The molecule has 96 valence electrons. The Morgan fingerprint density at radius 1 is 1.25 bits per heavy atom. The van der Waals surface area contributed by atoms with E-state index in [0.29, 0.717) is 6.04 Å². The summed E-state index contributed by atoms with van der Waals surface area (Å²) in [6.45, 7) is 7.25. The van der Waals surface area contributed by atoms with E-state index in [4.69, 9.17) is 0 Å². The molecule has 1 rings (SSSR count). The molecule has 0 amide bonds. The maximum atomic E-state index is 3.42. The lowest BCUT2D eigenvalue weighted by molar-refractivity contribution is 0.119. The van der Waals surface area contributed by atoms with Gasteiger partial charge in [0, 0.05) is 12.1 Å². The Kier molecular flexibility index (Phi) is 7.06. The normalized spacial score (nSPS) is 24.6. The van der Waals surface area contributed by atoms with E-state index in [-0.39, 0.29) is 0 Å². The smallest absolute Gasteiger partial charge is 0.0246 e. The molecule has 0 spiro atoms. The maximum absolute atomic E-state index is 3.42. The zero-order valence-corrected chi connectivity index (χ0v) is 11.5. The highest BCUT2D eigenvalue weighted by Crippen LogP contribution is 2.20. The van der Waals surface area contributed by atoms with Crippen LogP contribution in [0.5, 0.6) is 0 Å². The van der Waals surface area contributed by atoms with Crippen LogP contribution in [0.1, 0.15) is 58.8 Å². The van der Waals surface area contributed by atoms with Crippen molar-refractivity contribution in [1.29, 1.82) is 0 Å². The van der Waals surface area contributed by atoms with Gasteiger partial charge in [-0.25, -0.2) is 0 Å². The maximum Gasteiger partial charge on any atom is 0.0246 e. The van der Waals surface area contributed by atoms with Crippen molar-refractivity contribution in [1.82, 2.24) is 10.2 Å². The summed E-state index contributed by atoms with van der Waals surface area (Å²) in [7, 11) is 2.09. The van der Waals surface area contributed by atoms with Crippen LogP contribution >= 0.6 is 0 Å². The number of piperidine rings is 1. The molecule has 1 aliphatic heterocycles. The van der Waals surface area contributed by atoms with Crippen molar-refractivity contribution >= 4 is 0 Å². The molecule has 1 aliphatic rings. The van der Waals surface area contributed by atoms with Crippen LogP contribution in [0.3, 0.4) is 0 Å². The van der Waals surface area contributed by atoms with Gasteiger partial charge in [-0.1, -0.05) is 32.6 Å². The largest absolute Gasteiger partial charge is 0.316 e. The number of hydrogen-bond donors (Lipinski definition) is 1. The van der Waals surface area contributed by atoms with E-state index in [1.807, 2.05) is 0 Å². The first kappa shape index (κ1) is 14.0. The molecule has 1 N–H and O–H groups in total. The summed E-state index contributed by atoms with van der Waals surface area (Å²) in [5, 5.41) is 3.42. The Labute approximate surface area is 102 Å². The second-order valence-electron chi connectivity index (χ2n) is 5.24. The zero-order chi connectivity index (χ0) is 11.8. The van der Waals surface area contributed by atoms with E-state index in [1.165, 1.54) is 58.0 Å². The monoisotopic (exact) mass is 226 g/mol. The number of nitrogens with zero attached hydrogens (tertiary/aromatic N) is 1. The lowest BCUT2D eigenvalue weighted by atomic mass is 9.96. The summed E-state index contributed by atoms with van der Waals surface area (Å²) >= 11 is 0. The second-order valence-corrected chi connectivity index (χ2v) is 5.24. The lowest BCUT2D eigenvalue weighted by Gasteiger charge is -2.39. The Morgan fingerprint density at radius 2 is 2.06 bits per heavy atom. The van der Waals surface area contributed by atoms with Crippen LogP contribution in [-0.4, -0.2) is 37.1 Å². The number of nitrogens with one attached hydrogen (secondary N) is 1. The van der Waals surface area contributed by atoms with Crippen LogP contribution in [0.2, 0.25) is 0 Å². The highest BCUT2D eigenvalue weighted by atomic mass is 15.2. The molecule has 0 saturated carbocycles. The number of rotatable bonds is 7. The first-order valence-electron chi connectivity index (χ1n) is 7.21. The molecule has 0 radical (unpaired) electrons. The second kappa shape index (κ2) is 8.08. The first-order chi connectivity index (χ1) is 7.79. The molecular weight excluding hydrogens is 196 g/mol. The molecule has 2 heteroatoms. The van der Waals surface area contributed by atoms with Crippen LogP contribution in [0.4, 0.5) is 0 Å².